The summed E-state index contributed by atoms with van der Waals surface area (Å²) in [6, 6.07) is 19.8. The molecule has 0 aromatic heterocycles. The molecule has 150 valence electrons. The van der Waals surface area contributed by atoms with Crippen LogP contribution in [0.15, 0.2) is 66.7 Å². The summed E-state index contributed by atoms with van der Waals surface area (Å²) in [6.07, 6.45) is 0.854. The second-order valence-corrected chi connectivity index (χ2v) is 7.59. The van der Waals surface area contributed by atoms with Gasteiger partial charge in [-0.05, 0) is 65.1 Å². The van der Waals surface area contributed by atoms with Gasteiger partial charge in [0, 0.05) is 24.5 Å². The molecule has 1 fully saturated rings. The van der Waals surface area contributed by atoms with E-state index in [-0.39, 0.29) is 24.3 Å². The number of nitrogens with one attached hydrogen (secondary N) is 1. The second-order valence-electron chi connectivity index (χ2n) is 7.59. The molecule has 2 aliphatic rings. The number of anilines is 2. The van der Waals surface area contributed by atoms with E-state index in [2.05, 4.69) is 17.4 Å². The summed E-state index contributed by atoms with van der Waals surface area (Å²) in [5.41, 5.74) is 6.28. The first kappa shape index (κ1) is 18.4. The van der Waals surface area contributed by atoms with E-state index < -0.39 is 0 Å². The summed E-state index contributed by atoms with van der Waals surface area (Å²) in [7, 11) is 0. The number of rotatable bonds is 4. The molecule has 1 saturated heterocycles. The fourth-order valence-corrected chi connectivity index (χ4v) is 4.19. The van der Waals surface area contributed by atoms with Crippen molar-refractivity contribution in [2.75, 3.05) is 29.9 Å². The van der Waals surface area contributed by atoms with Crippen LogP contribution in [0, 0.1) is 5.82 Å². The highest BCUT2D eigenvalue weighted by molar-refractivity contribution is 5.99. The minimum absolute atomic E-state index is 0.0200. The lowest BCUT2D eigenvalue weighted by molar-refractivity contribution is -0.116. The molecule has 0 spiro atoms. The van der Waals surface area contributed by atoms with E-state index in [9.17, 15) is 14.0 Å². The minimum Gasteiger partial charge on any atom is -0.325 e. The summed E-state index contributed by atoms with van der Waals surface area (Å²) < 4.78 is 13.1. The molecule has 6 heteroatoms. The maximum Gasteiger partial charge on any atom is 0.325 e. The Morgan fingerprint density at radius 1 is 0.933 bits per heavy atom. The van der Waals surface area contributed by atoms with E-state index >= 15 is 0 Å². The average Bonchev–Trinajstić information content (AvgIpc) is 3.29. The predicted molar refractivity (Wildman–Crippen MR) is 114 cm³/mol. The molecular weight excluding hydrogens is 381 g/mol. The molecule has 1 aliphatic heterocycles. The van der Waals surface area contributed by atoms with Gasteiger partial charge in [0.05, 0.1) is 0 Å². The number of amides is 3. The maximum absolute atomic E-state index is 13.1. The molecule has 0 atom stereocenters. The third-order valence-electron chi connectivity index (χ3n) is 5.65. The van der Waals surface area contributed by atoms with Gasteiger partial charge in [0.25, 0.3) is 0 Å². The number of carbonyl (C=O) groups is 2. The van der Waals surface area contributed by atoms with Crippen LogP contribution in [0.2, 0.25) is 0 Å². The lowest BCUT2D eigenvalue weighted by Crippen LogP contribution is -2.37. The number of nitrogens with zero attached hydrogens (tertiary/aromatic N) is 2. The van der Waals surface area contributed by atoms with Gasteiger partial charge >= 0.3 is 6.03 Å². The van der Waals surface area contributed by atoms with Crippen molar-refractivity contribution >= 4 is 23.3 Å². The molecule has 1 aliphatic carbocycles. The predicted octanol–water partition coefficient (Wildman–Crippen LogP) is 4.28. The molecular formula is C24H20FN3O2. The topological polar surface area (TPSA) is 52.7 Å². The molecule has 1 N–H and O–H groups in total. The zero-order chi connectivity index (χ0) is 20.7. The molecule has 3 amide bonds. The van der Waals surface area contributed by atoms with E-state index in [1.54, 1.807) is 17.0 Å². The van der Waals surface area contributed by atoms with Gasteiger partial charge in [-0.3, -0.25) is 9.69 Å². The largest absolute Gasteiger partial charge is 0.325 e. The monoisotopic (exact) mass is 401 g/mol. The summed E-state index contributed by atoms with van der Waals surface area (Å²) >= 11 is 0. The maximum atomic E-state index is 13.1. The molecule has 1 heterocycles. The molecule has 3 aromatic rings. The number of urea groups is 1. The molecule has 0 radical (unpaired) electrons. The Morgan fingerprint density at radius 2 is 1.70 bits per heavy atom. The van der Waals surface area contributed by atoms with Gasteiger partial charge in [-0.25, -0.2) is 9.18 Å². The van der Waals surface area contributed by atoms with Crippen molar-refractivity contribution in [2.24, 2.45) is 0 Å². The molecule has 5 nitrogen and oxygen atoms in total. The van der Waals surface area contributed by atoms with Crippen LogP contribution in [-0.2, 0) is 11.2 Å². The molecule has 0 saturated carbocycles. The van der Waals surface area contributed by atoms with Crippen molar-refractivity contribution in [3.8, 4) is 11.1 Å². The van der Waals surface area contributed by atoms with Crippen LogP contribution in [0.3, 0.4) is 0 Å². The van der Waals surface area contributed by atoms with Crippen molar-refractivity contribution in [3.63, 3.8) is 0 Å². The van der Waals surface area contributed by atoms with Crippen molar-refractivity contribution < 1.29 is 14.0 Å². The van der Waals surface area contributed by atoms with Gasteiger partial charge < -0.3 is 10.2 Å². The minimum atomic E-state index is -0.348. The van der Waals surface area contributed by atoms with E-state index in [1.165, 1.54) is 39.3 Å². The first-order valence-electron chi connectivity index (χ1n) is 9.91. The van der Waals surface area contributed by atoms with Gasteiger partial charge in [0.2, 0.25) is 5.91 Å². The summed E-state index contributed by atoms with van der Waals surface area (Å²) in [5, 5.41) is 2.91. The van der Waals surface area contributed by atoms with Crippen molar-refractivity contribution in [1.82, 2.24) is 4.90 Å². The first-order valence-corrected chi connectivity index (χ1v) is 9.91. The molecule has 5 rings (SSSR count). The van der Waals surface area contributed by atoms with E-state index in [0.29, 0.717) is 18.8 Å². The quantitative estimate of drug-likeness (QED) is 0.555. The number of benzene rings is 3. The first-order chi connectivity index (χ1) is 14.6. The number of halogens is 1. The van der Waals surface area contributed by atoms with E-state index in [0.717, 1.165) is 12.1 Å². The number of fused-ring (bicyclic) bond motifs is 3. The number of hydrogen-bond donors (Lipinski definition) is 1. The zero-order valence-corrected chi connectivity index (χ0v) is 16.3. The molecule has 30 heavy (non-hydrogen) atoms. The highest BCUT2D eigenvalue weighted by atomic mass is 19.1. The van der Waals surface area contributed by atoms with Crippen LogP contribution in [0.5, 0.6) is 0 Å². The van der Waals surface area contributed by atoms with Crippen molar-refractivity contribution in [2.45, 2.75) is 6.42 Å². The van der Waals surface area contributed by atoms with Crippen molar-refractivity contribution in [1.29, 1.82) is 0 Å². The fourth-order valence-electron chi connectivity index (χ4n) is 4.19. The summed E-state index contributed by atoms with van der Waals surface area (Å²) in [5.74, 6) is -0.584. The Labute approximate surface area is 173 Å². The van der Waals surface area contributed by atoms with Crippen LogP contribution < -0.4 is 10.2 Å². The van der Waals surface area contributed by atoms with Gasteiger partial charge in [0.15, 0.2) is 0 Å². The second kappa shape index (κ2) is 7.30. The lowest BCUT2D eigenvalue weighted by Gasteiger charge is -2.18. The normalized spacial score (nSPS) is 14.6. The summed E-state index contributed by atoms with van der Waals surface area (Å²) in [4.78, 5) is 28.2. The summed E-state index contributed by atoms with van der Waals surface area (Å²) in [6.45, 7) is 0.895. The van der Waals surface area contributed by atoms with E-state index in [4.69, 9.17) is 0 Å². The SMILES string of the molecule is O=C(CN1CCN(c2ccc(F)cc2)C1=O)Nc1ccc2c(c1)Cc1ccccc1-2. The number of hydrogen-bond acceptors (Lipinski definition) is 2. The molecule has 3 aromatic carbocycles. The Balaban J connectivity index is 1.23. The van der Waals surface area contributed by atoms with Gasteiger partial charge in [0.1, 0.15) is 12.4 Å². The molecule has 0 unspecified atom stereocenters. The third kappa shape index (κ3) is 3.30. The Kier molecular flexibility index (Phi) is 4.47. The third-order valence-corrected chi connectivity index (χ3v) is 5.65. The van der Waals surface area contributed by atoms with Crippen LogP contribution >= 0.6 is 0 Å². The average molecular weight is 401 g/mol. The smallest absolute Gasteiger partial charge is 0.325 e. The lowest BCUT2D eigenvalue weighted by atomic mass is 10.1. The highest BCUT2D eigenvalue weighted by Crippen LogP contribution is 2.37. The fraction of sp³-hybridized carbons (Fsp3) is 0.167. The van der Waals surface area contributed by atoms with Crippen LogP contribution in [0.1, 0.15) is 11.1 Å². The van der Waals surface area contributed by atoms with Gasteiger partial charge in [-0.1, -0.05) is 30.3 Å². The molecule has 0 bridgehead atoms. The van der Waals surface area contributed by atoms with E-state index in [1.807, 2.05) is 30.3 Å². The van der Waals surface area contributed by atoms with Crippen LogP contribution in [0.4, 0.5) is 20.6 Å². The van der Waals surface area contributed by atoms with Gasteiger partial charge in [-0.2, -0.15) is 0 Å². The zero-order valence-electron chi connectivity index (χ0n) is 16.3. The highest BCUT2D eigenvalue weighted by Gasteiger charge is 2.31. The van der Waals surface area contributed by atoms with Crippen LogP contribution in [-0.4, -0.2) is 36.5 Å². The standard InChI is InChI=1S/C24H20FN3O2/c25-18-5-8-20(9-6-18)28-12-11-27(24(28)30)15-23(29)26-19-7-10-22-17(14-19)13-16-3-1-2-4-21(16)22/h1-10,14H,11-13,15H2,(H,26,29). The van der Waals surface area contributed by atoms with Crippen LogP contribution in [0.25, 0.3) is 11.1 Å². The number of carbonyl (C=O) groups excluding carboxylic acids is 2. The Morgan fingerprint density at radius 3 is 2.53 bits per heavy atom. The Hall–Kier alpha value is -3.67. The van der Waals surface area contributed by atoms with Crippen molar-refractivity contribution in [3.05, 3.63) is 83.7 Å². The van der Waals surface area contributed by atoms with Gasteiger partial charge in [-0.15, -0.1) is 0 Å². The Bertz CT molecular complexity index is 1140.